The van der Waals surface area contributed by atoms with Crippen LogP contribution in [-0.2, 0) is 11.8 Å². The number of ether oxygens (including phenoxy) is 2. The molecule has 1 aliphatic rings. The van der Waals surface area contributed by atoms with E-state index in [4.69, 9.17) is 9.47 Å². The third-order valence-corrected chi connectivity index (χ3v) is 5.43. The molecule has 1 aliphatic heterocycles. The van der Waals surface area contributed by atoms with Gasteiger partial charge in [-0.3, -0.25) is 4.68 Å². The first-order chi connectivity index (χ1) is 15.1. The van der Waals surface area contributed by atoms with Crippen molar-refractivity contribution in [3.8, 4) is 16.9 Å². The van der Waals surface area contributed by atoms with Crippen LogP contribution in [0, 0.1) is 5.92 Å². The van der Waals surface area contributed by atoms with E-state index in [1.807, 2.05) is 31.6 Å². The lowest BCUT2D eigenvalue weighted by Gasteiger charge is -2.33. The molecule has 0 saturated carbocycles. The van der Waals surface area contributed by atoms with Crippen molar-refractivity contribution >= 4 is 16.7 Å². The summed E-state index contributed by atoms with van der Waals surface area (Å²) >= 11 is 0. The zero-order valence-electron chi connectivity index (χ0n) is 18.0. The van der Waals surface area contributed by atoms with Gasteiger partial charge in [0.1, 0.15) is 24.0 Å². The average Bonchev–Trinajstić information content (AvgIpc) is 3.17. The number of aryl methyl sites for hydroxylation is 1. The molecule has 1 aromatic carbocycles. The van der Waals surface area contributed by atoms with Gasteiger partial charge in [-0.25, -0.2) is 9.97 Å². The van der Waals surface area contributed by atoms with E-state index < -0.39 is 0 Å². The summed E-state index contributed by atoms with van der Waals surface area (Å²) in [5.41, 5.74) is 3.54. The number of anilines is 1. The minimum Gasteiger partial charge on any atom is -0.489 e. The van der Waals surface area contributed by atoms with Crippen molar-refractivity contribution in [1.82, 2.24) is 25.1 Å². The number of allylic oxidation sites excluding steroid dienone is 1. The van der Waals surface area contributed by atoms with Crippen LogP contribution < -0.4 is 15.4 Å². The zero-order chi connectivity index (χ0) is 21.8. The molecule has 8 heteroatoms. The quantitative estimate of drug-likeness (QED) is 0.383. The molecule has 1 fully saturated rings. The highest BCUT2D eigenvalue weighted by Crippen LogP contribution is 2.37. The molecule has 0 aliphatic carbocycles. The molecule has 4 rings (SSSR count). The summed E-state index contributed by atoms with van der Waals surface area (Å²) in [7, 11) is 1.90. The molecule has 2 N–H and O–H groups in total. The van der Waals surface area contributed by atoms with Gasteiger partial charge >= 0.3 is 0 Å². The molecule has 3 heterocycles. The fourth-order valence-corrected chi connectivity index (χ4v) is 3.58. The predicted octanol–water partition coefficient (Wildman–Crippen LogP) is 3.49. The van der Waals surface area contributed by atoms with Crippen LogP contribution >= 0.6 is 0 Å². The van der Waals surface area contributed by atoms with Gasteiger partial charge in [0, 0.05) is 30.4 Å². The Hall–Kier alpha value is -3.39. The van der Waals surface area contributed by atoms with Crippen molar-refractivity contribution < 1.29 is 9.47 Å². The van der Waals surface area contributed by atoms with Crippen molar-refractivity contribution in [2.75, 3.05) is 25.2 Å². The van der Waals surface area contributed by atoms with Crippen LogP contribution in [0.5, 0.6) is 5.75 Å². The Balaban J connectivity index is 1.74. The van der Waals surface area contributed by atoms with Crippen molar-refractivity contribution in [2.24, 2.45) is 13.0 Å². The van der Waals surface area contributed by atoms with Crippen LogP contribution in [0.3, 0.4) is 0 Å². The van der Waals surface area contributed by atoms with Gasteiger partial charge in [-0.05, 0) is 30.2 Å². The summed E-state index contributed by atoms with van der Waals surface area (Å²) in [4.78, 5) is 9.00. The normalized spacial score (nSPS) is 14.6. The first-order valence-corrected chi connectivity index (χ1v) is 10.4. The Labute approximate surface area is 182 Å². The highest BCUT2D eigenvalue weighted by Gasteiger charge is 2.29. The minimum atomic E-state index is 0.0628. The van der Waals surface area contributed by atoms with Crippen LogP contribution in [0.15, 0.2) is 55.8 Å². The van der Waals surface area contributed by atoms with Crippen molar-refractivity contribution in [2.45, 2.75) is 19.4 Å². The summed E-state index contributed by atoms with van der Waals surface area (Å²) in [5, 5.41) is 11.6. The molecule has 0 bridgehead atoms. The zero-order valence-corrected chi connectivity index (χ0v) is 18.0. The maximum atomic E-state index is 6.56. The number of aromatic nitrogens is 4. The SMILES string of the molecule is C=CC(=C)NCNc1ncnc2cc(-c3cnn(C)c3)cc(OC(CC)C3COC3)c12. The number of rotatable bonds is 10. The molecule has 1 saturated heterocycles. The fraction of sp³-hybridized carbons (Fsp3) is 0.348. The smallest absolute Gasteiger partial charge is 0.142 e. The van der Waals surface area contributed by atoms with E-state index in [1.165, 1.54) is 0 Å². The second-order valence-corrected chi connectivity index (χ2v) is 7.62. The van der Waals surface area contributed by atoms with E-state index in [9.17, 15) is 0 Å². The van der Waals surface area contributed by atoms with Gasteiger partial charge in [-0.2, -0.15) is 5.10 Å². The Kier molecular flexibility index (Phi) is 6.18. The summed E-state index contributed by atoms with van der Waals surface area (Å²) in [6.07, 6.45) is 8.00. The van der Waals surface area contributed by atoms with Crippen LogP contribution in [0.4, 0.5) is 5.82 Å². The van der Waals surface area contributed by atoms with E-state index in [0.717, 1.165) is 53.1 Å². The molecule has 0 amide bonds. The minimum absolute atomic E-state index is 0.0628. The largest absolute Gasteiger partial charge is 0.489 e. The predicted molar refractivity (Wildman–Crippen MR) is 122 cm³/mol. The molecule has 31 heavy (non-hydrogen) atoms. The summed E-state index contributed by atoms with van der Waals surface area (Å²) < 4.78 is 13.7. The number of hydrogen-bond donors (Lipinski definition) is 2. The lowest BCUT2D eigenvalue weighted by molar-refractivity contribution is -0.0832. The van der Waals surface area contributed by atoms with Crippen molar-refractivity contribution in [3.05, 3.63) is 55.8 Å². The number of nitrogens with one attached hydrogen (secondary N) is 2. The second-order valence-electron chi connectivity index (χ2n) is 7.62. The molecular weight excluding hydrogens is 392 g/mol. The summed E-state index contributed by atoms with van der Waals surface area (Å²) in [5.74, 6) is 1.84. The number of fused-ring (bicyclic) bond motifs is 1. The standard InChI is InChI=1S/C23H28N6O2/c1-5-15(3)24-13-26-23-22-19(25-14-27-23)7-16(17-9-28-29(4)10-17)8-21(22)31-20(6-2)18-11-30-12-18/h5,7-10,14,18,20,24H,1,3,6,11-13H2,2,4H3,(H,25,26,27). The lowest BCUT2D eigenvalue weighted by atomic mass is 9.98. The number of nitrogens with zero attached hydrogens (tertiary/aromatic N) is 4. The van der Waals surface area contributed by atoms with E-state index in [2.05, 4.69) is 45.8 Å². The first-order valence-electron chi connectivity index (χ1n) is 10.4. The van der Waals surface area contributed by atoms with Crippen LogP contribution in [0.2, 0.25) is 0 Å². The fourth-order valence-electron chi connectivity index (χ4n) is 3.58. The molecule has 162 valence electrons. The molecular formula is C23H28N6O2. The van der Waals surface area contributed by atoms with Crippen LogP contribution in [-0.4, -0.2) is 45.7 Å². The molecule has 2 aromatic heterocycles. The van der Waals surface area contributed by atoms with Gasteiger partial charge in [-0.15, -0.1) is 0 Å². The molecule has 0 radical (unpaired) electrons. The van der Waals surface area contributed by atoms with Gasteiger partial charge in [-0.1, -0.05) is 20.1 Å². The molecule has 0 spiro atoms. The molecule has 8 nitrogen and oxygen atoms in total. The Morgan fingerprint density at radius 3 is 2.84 bits per heavy atom. The third kappa shape index (κ3) is 4.54. The van der Waals surface area contributed by atoms with Crippen LogP contribution in [0.25, 0.3) is 22.0 Å². The number of benzene rings is 1. The van der Waals surface area contributed by atoms with Gasteiger partial charge in [0.05, 0.1) is 37.0 Å². The van der Waals surface area contributed by atoms with E-state index >= 15 is 0 Å². The van der Waals surface area contributed by atoms with E-state index in [1.54, 1.807) is 17.1 Å². The van der Waals surface area contributed by atoms with E-state index in [-0.39, 0.29) is 6.10 Å². The molecule has 3 aromatic rings. The second kappa shape index (κ2) is 9.18. The van der Waals surface area contributed by atoms with Crippen molar-refractivity contribution in [3.63, 3.8) is 0 Å². The summed E-state index contributed by atoms with van der Waals surface area (Å²) in [6, 6.07) is 4.09. The Morgan fingerprint density at radius 1 is 1.35 bits per heavy atom. The topological polar surface area (TPSA) is 86.1 Å². The van der Waals surface area contributed by atoms with Gasteiger partial charge in [0.15, 0.2) is 0 Å². The summed E-state index contributed by atoms with van der Waals surface area (Å²) in [6.45, 7) is 11.6. The first kappa shape index (κ1) is 20.9. The van der Waals surface area contributed by atoms with Gasteiger partial charge in [0.2, 0.25) is 0 Å². The molecule has 1 unspecified atom stereocenters. The Bertz CT molecular complexity index is 1090. The molecule has 1 atom stereocenters. The van der Waals surface area contributed by atoms with Crippen molar-refractivity contribution in [1.29, 1.82) is 0 Å². The monoisotopic (exact) mass is 420 g/mol. The van der Waals surface area contributed by atoms with E-state index in [0.29, 0.717) is 18.4 Å². The lowest BCUT2D eigenvalue weighted by Crippen LogP contribution is -2.40. The maximum Gasteiger partial charge on any atom is 0.142 e. The number of hydrogen-bond acceptors (Lipinski definition) is 7. The van der Waals surface area contributed by atoms with Gasteiger partial charge < -0.3 is 20.1 Å². The Morgan fingerprint density at radius 2 is 2.19 bits per heavy atom. The van der Waals surface area contributed by atoms with Gasteiger partial charge in [0.25, 0.3) is 0 Å². The highest BCUT2D eigenvalue weighted by atomic mass is 16.5. The maximum absolute atomic E-state index is 6.56. The average molecular weight is 421 g/mol. The highest BCUT2D eigenvalue weighted by molar-refractivity contribution is 5.97. The van der Waals surface area contributed by atoms with Crippen LogP contribution in [0.1, 0.15) is 13.3 Å². The third-order valence-electron chi connectivity index (χ3n) is 5.43.